The van der Waals surface area contributed by atoms with Crippen molar-refractivity contribution in [3.05, 3.63) is 234 Å². The molecule has 6 atom stereocenters. The molecule has 8 heterocycles. The van der Waals surface area contributed by atoms with Gasteiger partial charge in [0.2, 0.25) is 11.5 Å². The number of aliphatic hydroxyl groups is 3. The Kier molecular flexibility index (Phi) is 23.4. The first kappa shape index (κ1) is 76.4. The van der Waals surface area contributed by atoms with Crippen LogP contribution in [0.15, 0.2) is 140 Å². The van der Waals surface area contributed by atoms with Crippen molar-refractivity contribution < 1.29 is 62.7 Å². The molecule has 0 aromatic heterocycles. The molecule has 19 heteroatoms. The van der Waals surface area contributed by atoms with Crippen molar-refractivity contribution in [2.75, 3.05) is 111 Å². The van der Waals surface area contributed by atoms with Gasteiger partial charge in [-0.25, -0.2) is 0 Å². The highest BCUT2D eigenvalue weighted by atomic mass is 16.5. The van der Waals surface area contributed by atoms with Crippen LogP contribution in [0.3, 0.4) is 0 Å². The molecule has 9 aromatic carbocycles. The maximum Gasteiger partial charge on any atom is 0.204 e. The number of rotatable bonds is 16. The number of nitrogens with one attached hydrogen (secondary N) is 1. The van der Waals surface area contributed by atoms with Crippen LogP contribution in [0.2, 0.25) is 0 Å². The Morgan fingerprint density at radius 2 is 0.872 bits per heavy atom. The van der Waals surface area contributed by atoms with E-state index < -0.39 is 6.10 Å². The third kappa shape index (κ3) is 15.6. The highest BCUT2D eigenvalue weighted by Gasteiger charge is 2.40. The highest BCUT2D eigenvalue weighted by Crippen LogP contribution is 2.56. The standard InChI is InChI=1S/C48H55N3O6.C42H51N3O7/c1-30(33-11-9-8-10-12-33)51(4)28-39-37-20-22-50(3)41-24-32-15-18-42(53-5)44(25-32)56-36-16-13-31(14-17-36)23-40-38-27-43(35(29-52)26-34(38)19-21-49(40)2)57-47(45(37)41)48(55-7)46(39)54-6;1-25(47)22-43-23-33-31-14-16-45(3)35-18-27-9-12-36(48-4)38(19-27)51-30-10-7-26(8-11-30)17-34-32-21-37(29(24-46)20-28(32)13-15-44(34)2)52-41(39(31)35)42(50-6)40(33)49-5/h8-18,25-27,30,40-41,52H,19-24,28-29H2,1-7H3;7-12,19-21,25,34-35,43,46-47H,13-18,22-24H2,1-6H3/t30-,40-,41-;25?,34-,35-/m00/s1. The van der Waals surface area contributed by atoms with E-state index in [4.69, 9.17) is 47.4 Å². The molecule has 9 aromatic rings. The van der Waals surface area contributed by atoms with Crippen LogP contribution >= 0.6 is 0 Å². The fraction of sp³-hybridized carbons (Fsp3) is 0.400. The molecule has 0 amide bonds. The van der Waals surface area contributed by atoms with E-state index in [0.29, 0.717) is 101 Å². The fourth-order valence-corrected chi connectivity index (χ4v) is 17.3. The van der Waals surface area contributed by atoms with E-state index in [0.717, 1.165) is 126 Å². The number of fused-ring (bicyclic) bond motifs is 4. The Balaban J connectivity index is 0.000000183. The lowest BCUT2D eigenvalue weighted by molar-refractivity contribution is 0.190. The average molecular weight is 1480 g/mol. The van der Waals surface area contributed by atoms with Crippen molar-refractivity contribution >= 4 is 0 Å². The number of ether oxygens (including phenoxy) is 10. The second-order valence-corrected chi connectivity index (χ2v) is 30.1. The number of nitrogens with zero attached hydrogens (tertiary/aromatic N) is 5. The molecular formula is C90H106N6O13. The summed E-state index contributed by atoms with van der Waals surface area (Å²) in [7, 11) is 20.9. The molecule has 19 nitrogen and oxygen atoms in total. The quantitative estimate of drug-likeness (QED) is 0.0716. The van der Waals surface area contributed by atoms with Crippen LogP contribution in [0.25, 0.3) is 0 Å². The van der Waals surface area contributed by atoms with Crippen LogP contribution in [0, 0.1) is 0 Å². The summed E-state index contributed by atoms with van der Waals surface area (Å²) >= 11 is 0. The van der Waals surface area contributed by atoms with Crippen LogP contribution in [0.1, 0.15) is 139 Å². The molecule has 0 aliphatic carbocycles. The van der Waals surface area contributed by atoms with Crippen molar-refractivity contribution in [1.82, 2.24) is 29.8 Å². The Hall–Kier alpha value is -9.38. The number of likely N-dealkylation sites (N-methyl/N-ethyl adjacent to an activating group) is 4. The van der Waals surface area contributed by atoms with E-state index in [1.807, 2.05) is 36.4 Å². The van der Waals surface area contributed by atoms with Gasteiger partial charge in [-0.05, 0) is 234 Å². The maximum atomic E-state index is 10.9. The molecule has 4 N–H and O–H groups in total. The van der Waals surface area contributed by atoms with Gasteiger partial charge in [0.25, 0.3) is 0 Å². The Morgan fingerprint density at radius 1 is 0.459 bits per heavy atom. The largest absolute Gasteiger partial charge is 0.493 e. The molecule has 109 heavy (non-hydrogen) atoms. The van der Waals surface area contributed by atoms with Crippen LogP contribution < -0.4 is 52.7 Å². The van der Waals surface area contributed by atoms with E-state index in [-0.39, 0.29) is 43.4 Å². The van der Waals surface area contributed by atoms with Gasteiger partial charge in [0.15, 0.2) is 46.0 Å². The molecule has 0 fully saturated rings. The summed E-state index contributed by atoms with van der Waals surface area (Å²) in [6, 6.07) is 48.4. The summed E-state index contributed by atoms with van der Waals surface area (Å²) in [5.74, 6) is 8.93. The van der Waals surface area contributed by atoms with Crippen LogP contribution in [-0.4, -0.2) is 157 Å². The molecule has 0 saturated heterocycles. The fourth-order valence-electron chi connectivity index (χ4n) is 17.3. The molecule has 574 valence electrons. The molecule has 12 bridgehead atoms. The minimum atomic E-state index is -0.501. The first-order valence-corrected chi connectivity index (χ1v) is 38.2. The van der Waals surface area contributed by atoms with E-state index in [2.05, 4.69) is 175 Å². The summed E-state index contributed by atoms with van der Waals surface area (Å²) in [5, 5.41) is 35.2. The molecule has 8 aliphatic heterocycles. The molecule has 0 saturated carbocycles. The Bertz CT molecular complexity index is 4730. The number of hydrogen-bond acceptors (Lipinski definition) is 19. The van der Waals surface area contributed by atoms with Crippen molar-refractivity contribution in [1.29, 1.82) is 0 Å². The third-order valence-electron chi connectivity index (χ3n) is 23.4. The summed E-state index contributed by atoms with van der Waals surface area (Å²) in [6.45, 7) is 8.76. The second kappa shape index (κ2) is 33.4. The van der Waals surface area contributed by atoms with Gasteiger partial charge >= 0.3 is 0 Å². The Morgan fingerprint density at radius 3 is 1.30 bits per heavy atom. The highest BCUT2D eigenvalue weighted by molar-refractivity contribution is 5.69. The van der Waals surface area contributed by atoms with Crippen LogP contribution in [0.5, 0.6) is 80.5 Å². The maximum absolute atomic E-state index is 10.9. The zero-order chi connectivity index (χ0) is 76.3. The van der Waals surface area contributed by atoms with E-state index in [1.165, 1.54) is 44.5 Å². The van der Waals surface area contributed by atoms with Gasteiger partial charge in [-0.1, -0.05) is 66.7 Å². The first-order valence-electron chi connectivity index (χ1n) is 38.2. The molecule has 17 rings (SSSR count). The number of aliphatic hydroxyl groups excluding tert-OH is 3. The van der Waals surface area contributed by atoms with Crippen LogP contribution in [-0.2, 0) is 77.7 Å². The zero-order valence-corrected chi connectivity index (χ0v) is 65.4. The van der Waals surface area contributed by atoms with Crippen molar-refractivity contribution in [2.45, 2.75) is 128 Å². The molecule has 8 aliphatic rings. The normalized spacial score (nSPS) is 18.8. The minimum Gasteiger partial charge on any atom is -0.493 e. The third-order valence-corrected chi connectivity index (χ3v) is 23.4. The SMILES string of the molecule is COc1ccc2cc1Oc1ccc(cc1)C[C@H]1c3cc(c(CO)cc3CCN1C)Oc1c(OC)c(OC)c(CN(C)[C@@H](C)c3ccccc3)c3c1[C@H](C2)N(C)CC3.COc1ccc2cc1Oc1ccc(cc1)C[C@H]1c3cc(c(CO)cc3CCN1C)Oc1c(OC)c(OC)c(CNCC(C)O)c3c1[C@H](C2)N(C)CC3. The number of benzene rings is 9. The van der Waals surface area contributed by atoms with Gasteiger partial charge < -0.3 is 68.0 Å². The van der Waals surface area contributed by atoms with Gasteiger partial charge in [0, 0.05) is 109 Å². The summed E-state index contributed by atoms with van der Waals surface area (Å²) in [5.41, 5.74) is 18.7. The predicted molar refractivity (Wildman–Crippen MR) is 424 cm³/mol. The Labute approximate surface area is 642 Å². The lowest BCUT2D eigenvalue weighted by atomic mass is 9.84. The molecule has 0 radical (unpaired) electrons. The van der Waals surface area contributed by atoms with Crippen molar-refractivity contribution in [2.24, 2.45) is 0 Å². The second-order valence-electron chi connectivity index (χ2n) is 30.1. The number of hydrogen-bond donors (Lipinski definition) is 4. The molecule has 1 unspecified atom stereocenters. The van der Waals surface area contributed by atoms with E-state index in [9.17, 15) is 15.3 Å². The average Bonchev–Trinajstić information content (AvgIpc) is 0.739. The topological polar surface area (TPSA) is 181 Å². The van der Waals surface area contributed by atoms with Crippen molar-refractivity contribution in [3.8, 4) is 80.5 Å². The van der Waals surface area contributed by atoms with Gasteiger partial charge in [-0.15, -0.1) is 0 Å². The lowest BCUT2D eigenvalue weighted by Gasteiger charge is -2.39. The van der Waals surface area contributed by atoms with Gasteiger partial charge in [-0.2, -0.15) is 0 Å². The van der Waals surface area contributed by atoms with Crippen molar-refractivity contribution in [3.63, 3.8) is 0 Å². The summed E-state index contributed by atoms with van der Waals surface area (Å²) < 4.78 is 64.1. The number of methoxy groups -OCH3 is 6. The van der Waals surface area contributed by atoms with Gasteiger partial charge in [0.05, 0.1) is 62.0 Å². The minimum absolute atomic E-state index is 0.0901. The van der Waals surface area contributed by atoms with Gasteiger partial charge in [-0.3, -0.25) is 24.5 Å². The molecule has 0 spiro atoms. The monoisotopic (exact) mass is 1480 g/mol. The molecular weight excluding hydrogens is 1370 g/mol. The lowest BCUT2D eigenvalue weighted by Crippen LogP contribution is -2.35. The summed E-state index contributed by atoms with van der Waals surface area (Å²) in [4.78, 5) is 12.0. The first-order chi connectivity index (χ1) is 52.9. The zero-order valence-electron chi connectivity index (χ0n) is 65.4. The van der Waals surface area contributed by atoms with E-state index >= 15 is 0 Å². The smallest absolute Gasteiger partial charge is 0.204 e. The summed E-state index contributed by atoms with van der Waals surface area (Å²) in [6.07, 6.45) is 5.78. The predicted octanol–water partition coefficient (Wildman–Crippen LogP) is 15.0. The van der Waals surface area contributed by atoms with Gasteiger partial charge in [0.1, 0.15) is 23.0 Å². The van der Waals surface area contributed by atoms with Crippen LogP contribution in [0.4, 0.5) is 0 Å². The van der Waals surface area contributed by atoms with E-state index in [1.54, 1.807) is 49.6 Å².